The second-order valence-electron chi connectivity index (χ2n) is 12.9. The van der Waals surface area contributed by atoms with Crippen LogP contribution in [0.15, 0.2) is 77.9 Å². The van der Waals surface area contributed by atoms with Crippen LogP contribution in [0.5, 0.6) is 0 Å². The molecule has 0 fully saturated rings. The first-order valence-electron chi connectivity index (χ1n) is 15.1. The smallest absolute Gasteiger partial charge is 0.428 e. The number of hydrogen-bond donors (Lipinski definition) is 3. The summed E-state index contributed by atoms with van der Waals surface area (Å²) >= 11 is 0. The molecule has 0 saturated carbocycles. The molecule has 1 aliphatic carbocycles. The van der Waals surface area contributed by atoms with Crippen LogP contribution in [0.3, 0.4) is 0 Å². The highest BCUT2D eigenvalue weighted by atomic mass is 16.6. The maximum atomic E-state index is 13.0. The molecule has 0 aromatic heterocycles. The van der Waals surface area contributed by atoms with Crippen molar-refractivity contribution in [3.05, 3.63) is 89.5 Å². The van der Waals surface area contributed by atoms with E-state index >= 15 is 0 Å². The Labute approximate surface area is 273 Å². The number of hydrogen-bond acceptors (Lipinski definition) is 8. The Kier molecular flexibility index (Phi) is 10.5. The van der Waals surface area contributed by atoms with E-state index in [4.69, 9.17) is 14.2 Å². The van der Waals surface area contributed by atoms with Gasteiger partial charge in [0.25, 0.3) is 0 Å². The van der Waals surface area contributed by atoms with Crippen molar-refractivity contribution < 1.29 is 38.5 Å². The van der Waals surface area contributed by atoms with E-state index in [1.54, 1.807) is 65.8 Å². The molecular weight excluding hydrogens is 604 g/mol. The molecule has 3 aromatic carbocycles. The fourth-order valence-corrected chi connectivity index (χ4v) is 4.98. The zero-order valence-electron chi connectivity index (χ0n) is 27.3. The van der Waals surface area contributed by atoms with Gasteiger partial charge in [-0.1, -0.05) is 60.7 Å². The second-order valence-corrected chi connectivity index (χ2v) is 12.9. The maximum absolute atomic E-state index is 13.0. The monoisotopic (exact) mass is 644 g/mol. The van der Waals surface area contributed by atoms with E-state index < -0.39 is 41.5 Å². The third kappa shape index (κ3) is 9.55. The van der Waals surface area contributed by atoms with Gasteiger partial charge in [-0.25, -0.2) is 29.5 Å². The fourth-order valence-electron chi connectivity index (χ4n) is 4.98. The van der Waals surface area contributed by atoms with Crippen molar-refractivity contribution >= 4 is 36.3 Å². The van der Waals surface area contributed by atoms with Crippen molar-refractivity contribution in [2.24, 2.45) is 5.10 Å². The molecule has 0 heterocycles. The number of aliphatic carboxylic acids is 1. The molecule has 0 aliphatic heterocycles. The van der Waals surface area contributed by atoms with E-state index in [-0.39, 0.29) is 18.9 Å². The Morgan fingerprint density at radius 3 is 1.91 bits per heavy atom. The molecule has 1 atom stereocenters. The van der Waals surface area contributed by atoms with Crippen LogP contribution in [0.1, 0.15) is 64.2 Å². The SMILES string of the molecule is CC(C)(C)OC(=O)N/N=C/N(C(=O)OC(C)(C)C)c1ccc(C[C@H](NC(=O)OCC2c3ccccc3-c3ccccc32)C(=O)O)cc1. The number of fused-ring (bicyclic) bond motifs is 3. The van der Waals surface area contributed by atoms with Gasteiger partial charge in [0.05, 0.1) is 5.69 Å². The van der Waals surface area contributed by atoms with E-state index in [1.165, 1.54) is 0 Å². The first-order valence-corrected chi connectivity index (χ1v) is 15.1. The van der Waals surface area contributed by atoms with Gasteiger partial charge in [-0.05, 0) is 81.5 Å². The van der Waals surface area contributed by atoms with Crippen LogP contribution in [-0.2, 0) is 25.4 Å². The largest absolute Gasteiger partial charge is 0.480 e. The standard InChI is InChI=1S/C35H40N4O8/c1-34(2,3)46-32(43)38-36-21-39(33(44)47-35(4,5)6)23-17-15-22(16-18-23)19-29(30(40)41)37-31(42)45-20-28-26-13-9-7-11-24(26)25-12-8-10-14-27(25)28/h7-18,21,28-29H,19-20H2,1-6H3,(H,37,42)(H,38,43)(H,40,41)/b36-21+/t29-/m0/s1. The highest BCUT2D eigenvalue weighted by molar-refractivity contribution is 6.05. The number of benzene rings is 3. The molecule has 3 aromatic rings. The Balaban J connectivity index is 1.41. The molecule has 4 rings (SSSR count). The zero-order chi connectivity index (χ0) is 34.4. The Hall–Kier alpha value is -5.39. The van der Waals surface area contributed by atoms with Crippen LogP contribution < -0.4 is 15.6 Å². The van der Waals surface area contributed by atoms with Gasteiger partial charge in [0, 0.05) is 12.3 Å². The lowest BCUT2D eigenvalue weighted by Gasteiger charge is -2.25. The lowest BCUT2D eigenvalue weighted by atomic mass is 9.98. The average molecular weight is 645 g/mol. The van der Waals surface area contributed by atoms with Gasteiger partial charge in [0.15, 0.2) is 0 Å². The van der Waals surface area contributed by atoms with Crippen molar-refractivity contribution in [1.82, 2.24) is 10.7 Å². The molecular formula is C35H40N4O8. The number of amides is 3. The van der Waals surface area contributed by atoms with E-state index in [2.05, 4.69) is 15.8 Å². The van der Waals surface area contributed by atoms with Crippen LogP contribution in [0.4, 0.5) is 20.1 Å². The number of anilines is 1. The topological polar surface area (TPSA) is 156 Å². The highest BCUT2D eigenvalue weighted by Gasteiger charge is 2.30. The van der Waals surface area contributed by atoms with Crippen molar-refractivity contribution in [2.45, 2.75) is 71.1 Å². The van der Waals surface area contributed by atoms with Crippen LogP contribution in [-0.4, -0.2) is 59.5 Å². The number of carboxylic acid groups (broad SMARTS) is 1. The van der Waals surface area contributed by atoms with Crippen molar-refractivity contribution in [3.8, 4) is 11.1 Å². The third-order valence-corrected chi connectivity index (χ3v) is 6.91. The van der Waals surface area contributed by atoms with Gasteiger partial charge in [-0.15, -0.1) is 0 Å². The summed E-state index contributed by atoms with van der Waals surface area (Å²) in [5.74, 6) is -1.40. The van der Waals surface area contributed by atoms with Gasteiger partial charge in [0.1, 0.15) is 30.2 Å². The van der Waals surface area contributed by atoms with Gasteiger partial charge >= 0.3 is 24.2 Å². The third-order valence-electron chi connectivity index (χ3n) is 6.91. The lowest BCUT2D eigenvalue weighted by molar-refractivity contribution is -0.139. The van der Waals surface area contributed by atoms with Gasteiger partial charge in [-0.3, -0.25) is 0 Å². The minimum absolute atomic E-state index is 0.0474. The van der Waals surface area contributed by atoms with Crippen molar-refractivity contribution in [3.63, 3.8) is 0 Å². The summed E-state index contributed by atoms with van der Waals surface area (Å²) in [6.45, 7) is 10.3. The average Bonchev–Trinajstić information content (AvgIpc) is 3.30. The number of carboxylic acids is 1. The molecule has 47 heavy (non-hydrogen) atoms. The summed E-state index contributed by atoms with van der Waals surface area (Å²) in [5.41, 5.74) is 5.79. The van der Waals surface area contributed by atoms with E-state index in [0.29, 0.717) is 11.3 Å². The van der Waals surface area contributed by atoms with Gasteiger partial charge in [0.2, 0.25) is 0 Å². The van der Waals surface area contributed by atoms with E-state index in [0.717, 1.165) is 33.5 Å². The van der Waals surface area contributed by atoms with Crippen LogP contribution in [0.25, 0.3) is 11.1 Å². The van der Waals surface area contributed by atoms with E-state index in [9.17, 15) is 24.3 Å². The van der Waals surface area contributed by atoms with Gasteiger partial charge in [-0.2, -0.15) is 5.10 Å². The number of carbonyl (C=O) groups excluding carboxylic acids is 3. The Morgan fingerprint density at radius 2 is 1.38 bits per heavy atom. The molecule has 0 spiro atoms. The van der Waals surface area contributed by atoms with Crippen molar-refractivity contribution in [2.75, 3.05) is 11.5 Å². The maximum Gasteiger partial charge on any atom is 0.428 e. The number of ether oxygens (including phenoxy) is 3. The summed E-state index contributed by atoms with van der Waals surface area (Å²) in [4.78, 5) is 50.9. The number of rotatable bonds is 9. The summed E-state index contributed by atoms with van der Waals surface area (Å²) in [7, 11) is 0. The quantitative estimate of drug-likeness (QED) is 0.104. The second kappa shape index (κ2) is 14.4. The van der Waals surface area contributed by atoms with Crippen molar-refractivity contribution in [1.29, 1.82) is 0 Å². The normalized spacial score (nSPS) is 13.2. The molecule has 12 nitrogen and oxygen atoms in total. The molecule has 1 aliphatic rings. The highest BCUT2D eigenvalue weighted by Crippen LogP contribution is 2.44. The van der Waals surface area contributed by atoms with E-state index in [1.807, 2.05) is 48.5 Å². The fraction of sp³-hybridized carbons (Fsp3) is 0.343. The minimum atomic E-state index is -1.28. The molecule has 3 N–H and O–H groups in total. The van der Waals surface area contributed by atoms with Crippen LogP contribution in [0.2, 0.25) is 0 Å². The molecule has 0 radical (unpaired) electrons. The molecule has 0 saturated heterocycles. The first-order chi connectivity index (χ1) is 22.1. The zero-order valence-corrected chi connectivity index (χ0v) is 27.3. The number of alkyl carbamates (subject to hydrolysis) is 1. The number of hydrazone groups is 1. The summed E-state index contributed by atoms with van der Waals surface area (Å²) in [5, 5.41) is 16.1. The number of nitrogens with zero attached hydrogens (tertiary/aromatic N) is 2. The summed E-state index contributed by atoms with van der Waals surface area (Å²) < 4.78 is 16.2. The molecule has 248 valence electrons. The number of carbonyl (C=O) groups is 4. The van der Waals surface area contributed by atoms with Gasteiger partial charge < -0.3 is 24.6 Å². The summed E-state index contributed by atoms with van der Waals surface area (Å²) in [6, 6.07) is 20.9. The molecule has 3 amide bonds. The molecule has 0 bridgehead atoms. The molecule has 0 unspecified atom stereocenters. The minimum Gasteiger partial charge on any atom is -0.480 e. The first kappa shape index (κ1) is 34.5. The predicted octanol–water partition coefficient (Wildman–Crippen LogP) is 6.43. The Bertz CT molecular complexity index is 1590. The van der Waals surface area contributed by atoms with Crippen LogP contribution in [0, 0.1) is 0 Å². The predicted molar refractivity (Wildman–Crippen MR) is 176 cm³/mol. The van der Waals surface area contributed by atoms with Crippen LogP contribution >= 0.6 is 0 Å². The summed E-state index contributed by atoms with van der Waals surface area (Å²) in [6.07, 6.45) is -1.40. The molecule has 12 heteroatoms. The lowest BCUT2D eigenvalue weighted by Crippen LogP contribution is -2.43. The Morgan fingerprint density at radius 1 is 0.830 bits per heavy atom. The number of nitrogens with one attached hydrogen (secondary N) is 2.